The summed E-state index contributed by atoms with van der Waals surface area (Å²) in [6.07, 6.45) is 6.74. The standard InChI is InChI=1S/C21H28N4O2/c1-27-13-5-12-25-16-21(10-8-20(25)26)9-4-11-24(15-21)19-14-22-17-6-2-3-7-18(17)23-19/h2-3,6-7,14H,4-5,8-13,15-16H2,1H3. The number of amides is 1. The molecular formula is C21H28N4O2. The van der Waals surface area contributed by atoms with Crippen LogP contribution in [-0.2, 0) is 9.53 Å². The Bertz CT molecular complexity index is 812. The third-order valence-electron chi connectivity index (χ3n) is 5.95. The van der Waals surface area contributed by atoms with Gasteiger partial charge in [0.15, 0.2) is 0 Å². The van der Waals surface area contributed by atoms with Crippen LogP contribution in [0.3, 0.4) is 0 Å². The smallest absolute Gasteiger partial charge is 0.222 e. The Morgan fingerprint density at radius 3 is 2.89 bits per heavy atom. The molecule has 1 amide bonds. The van der Waals surface area contributed by atoms with E-state index in [4.69, 9.17) is 9.72 Å². The molecule has 2 aliphatic rings. The lowest BCUT2D eigenvalue weighted by molar-refractivity contribution is -0.138. The Labute approximate surface area is 160 Å². The van der Waals surface area contributed by atoms with Crippen LogP contribution in [0, 0.1) is 5.41 Å². The van der Waals surface area contributed by atoms with Crippen molar-refractivity contribution < 1.29 is 9.53 Å². The number of hydrogen-bond donors (Lipinski definition) is 0. The Morgan fingerprint density at radius 1 is 1.19 bits per heavy atom. The number of rotatable bonds is 5. The number of carbonyl (C=O) groups is 1. The fourth-order valence-corrected chi connectivity index (χ4v) is 4.54. The number of para-hydroxylation sites is 2. The van der Waals surface area contributed by atoms with Crippen molar-refractivity contribution in [3.05, 3.63) is 30.5 Å². The van der Waals surface area contributed by atoms with E-state index in [2.05, 4.69) is 14.8 Å². The van der Waals surface area contributed by atoms with E-state index in [0.29, 0.717) is 18.9 Å². The van der Waals surface area contributed by atoms with Gasteiger partial charge in [-0.15, -0.1) is 0 Å². The normalized spacial score (nSPS) is 23.4. The van der Waals surface area contributed by atoms with Crippen molar-refractivity contribution in [3.8, 4) is 0 Å². The molecule has 4 rings (SSSR count). The average Bonchev–Trinajstić information content (AvgIpc) is 2.71. The first-order valence-electron chi connectivity index (χ1n) is 9.93. The van der Waals surface area contributed by atoms with Gasteiger partial charge in [0.1, 0.15) is 5.82 Å². The SMILES string of the molecule is COCCCN1CC2(CCCN(c3cnc4ccccc4n3)C2)CCC1=O. The van der Waals surface area contributed by atoms with Crippen LogP contribution in [0.1, 0.15) is 32.1 Å². The molecule has 2 fully saturated rings. The molecule has 144 valence electrons. The molecule has 0 N–H and O–H groups in total. The van der Waals surface area contributed by atoms with E-state index in [1.807, 2.05) is 30.5 Å². The first-order chi connectivity index (χ1) is 13.2. The number of likely N-dealkylation sites (tertiary alicyclic amines) is 1. The highest BCUT2D eigenvalue weighted by Gasteiger charge is 2.41. The maximum atomic E-state index is 12.4. The van der Waals surface area contributed by atoms with Crippen LogP contribution in [0.15, 0.2) is 30.5 Å². The molecule has 1 spiro atoms. The quantitative estimate of drug-likeness (QED) is 0.760. The van der Waals surface area contributed by atoms with Crippen LogP contribution in [-0.4, -0.2) is 60.7 Å². The molecule has 0 bridgehead atoms. The second kappa shape index (κ2) is 7.80. The van der Waals surface area contributed by atoms with Crippen molar-refractivity contribution in [2.45, 2.75) is 32.1 Å². The predicted octanol–water partition coefficient (Wildman–Crippen LogP) is 2.88. The summed E-state index contributed by atoms with van der Waals surface area (Å²) in [7, 11) is 1.71. The molecule has 0 aliphatic carbocycles. The summed E-state index contributed by atoms with van der Waals surface area (Å²) >= 11 is 0. The highest BCUT2D eigenvalue weighted by atomic mass is 16.5. The van der Waals surface area contributed by atoms with Gasteiger partial charge in [-0.3, -0.25) is 9.78 Å². The monoisotopic (exact) mass is 368 g/mol. The fourth-order valence-electron chi connectivity index (χ4n) is 4.54. The van der Waals surface area contributed by atoms with Crippen LogP contribution >= 0.6 is 0 Å². The van der Waals surface area contributed by atoms with Gasteiger partial charge in [0.05, 0.1) is 17.2 Å². The lowest BCUT2D eigenvalue weighted by Gasteiger charge is -2.48. The molecule has 0 saturated carbocycles. The van der Waals surface area contributed by atoms with Gasteiger partial charge < -0.3 is 14.5 Å². The van der Waals surface area contributed by atoms with Crippen molar-refractivity contribution in [2.24, 2.45) is 5.41 Å². The summed E-state index contributed by atoms with van der Waals surface area (Å²) in [6, 6.07) is 8.00. The largest absolute Gasteiger partial charge is 0.385 e. The summed E-state index contributed by atoms with van der Waals surface area (Å²) in [6.45, 7) is 4.31. The van der Waals surface area contributed by atoms with Crippen molar-refractivity contribution >= 4 is 22.8 Å². The van der Waals surface area contributed by atoms with Crippen LogP contribution < -0.4 is 4.90 Å². The number of aromatic nitrogens is 2. The molecule has 6 heteroatoms. The number of piperidine rings is 2. The van der Waals surface area contributed by atoms with Gasteiger partial charge in [-0.1, -0.05) is 12.1 Å². The molecule has 1 unspecified atom stereocenters. The second-order valence-electron chi connectivity index (χ2n) is 7.90. The number of carbonyl (C=O) groups excluding carboxylic acids is 1. The zero-order valence-corrected chi connectivity index (χ0v) is 16.1. The molecular weight excluding hydrogens is 340 g/mol. The molecule has 1 aromatic heterocycles. The zero-order chi connectivity index (χ0) is 18.7. The molecule has 0 radical (unpaired) electrons. The number of hydrogen-bond acceptors (Lipinski definition) is 5. The number of fused-ring (bicyclic) bond motifs is 1. The van der Waals surface area contributed by atoms with E-state index in [1.165, 1.54) is 6.42 Å². The number of nitrogens with zero attached hydrogens (tertiary/aromatic N) is 4. The van der Waals surface area contributed by atoms with Crippen molar-refractivity contribution in [2.75, 3.05) is 44.8 Å². The van der Waals surface area contributed by atoms with E-state index >= 15 is 0 Å². The third-order valence-corrected chi connectivity index (χ3v) is 5.95. The van der Waals surface area contributed by atoms with E-state index in [0.717, 1.165) is 62.3 Å². The highest BCUT2D eigenvalue weighted by molar-refractivity contribution is 5.77. The number of ether oxygens (including phenoxy) is 1. The highest BCUT2D eigenvalue weighted by Crippen LogP contribution is 2.40. The maximum absolute atomic E-state index is 12.4. The molecule has 6 nitrogen and oxygen atoms in total. The van der Waals surface area contributed by atoms with Gasteiger partial charge in [-0.2, -0.15) is 0 Å². The predicted molar refractivity (Wildman–Crippen MR) is 106 cm³/mol. The van der Waals surface area contributed by atoms with E-state index in [9.17, 15) is 4.79 Å². The maximum Gasteiger partial charge on any atom is 0.222 e. The van der Waals surface area contributed by atoms with Crippen LogP contribution in [0.5, 0.6) is 0 Å². The van der Waals surface area contributed by atoms with Gasteiger partial charge in [0, 0.05) is 51.7 Å². The lowest BCUT2D eigenvalue weighted by atomic mass is 9.73. The Balaban J connectivity index is 1.50. The second-order valence-corrected chi connectivity index (χ2v) is 7.90. The molecule has 27 heavy (non-hydrogen) atoms. The van der Waals surface area contributed by atoms with Crippen LogP contribution in [0.4, 0.5) is 5.82 Å². The molecule has 3 heterocycles. The molecule has 2 aromatic rings. The van der Waals surface area contributed by atoms with Gasteiger partial charge >= 0.3 is 0 Å². The van der Waals surface area contributed by atoms with Gasteiger partial charge in [0.2, 0.25) is 5.91 Å². The minimum atomic E-state index is 0.173. The first kappa shape index (κ1) is 18.2. The zero-order valence-electron chi connectivity index (χ0n) is 16.1. The van der Waals surface area contributed by atoms with Crippen LogP contribution in [0.2, 0.25) is 0 Å². The summed E-state index contributed by atoms with van der Waals surface area (Å²) < 4.78 is 5.15. The fraction of sp³-hybridized carbons (Fsp3) is 0.571. The van der Waals surface area contributed by atoms with E-state index < -0.39 is 0 Å². The van der Waals surface area contributed by atoms with Crippen LogP contribution in [0.25, 0.3) is 11.0 Å². The third kappa shape index (κ3) is 3.90. The van der Waals surface area contributed by atoms with Gasteiger partial charge in [-0.25, -0.2) is 4.98 Å². The molecule has 1 atom stereocenters. The minimum Gasteiger partial charge on any atom is -0.385 e. The van der Waals surface area contributed by atoms with E-state index in [-0.39, 0.29) is 5.41 Å². The number of benzene rings is 1. The Morgan fingerprint density at radius 2 is 2.04 bits per heavy atom. The van der Waals surface area contributed by atoms with Gasteiger partial charge in [0.25, 0.3) is 0 Å². The number of methoxy groups -OCH3 is 1. The summed E-state index contributed by atoms with van der Waals surface area (Å²) in [5.74, 6) is 1.25. The van der Waals surface area contributed by atoms with Gasteiger partial charge in [-0.05, 0) is 37.8 Å². The van der Waals surface area contributed by atoms with Crippen molar-refractivity contribution in [1.29, 1.82) is 0 Å². The summed E-state index contributed by atoms with van der Waals surface area (Å²) in [4.78, 5) is 26.2. The Kier molecular flexibility index (Phi) is 5.25. The summed E-state index contributed by atoms with van der Waals surface area (Å²) in [5, 5.41) is 0. The molecule has 1 aromatic carbocycles. The number of anilines is 1. The minimum absolute atomic E-state index is 0.173. The molecule has 2 saturated heterocycles. The lowest BCUT2D eigenvalue weighted by Crippen LogP contribution is -2.54. The van der Waals surface area contributed by atoms with E-state index in [1.54, 1.807) is 7.11 Å². The van der Waals surface area contributed by atoms with Crippen molar-refractivity contribution in [1.82, 2.24) is 14.9 Å². The summed E-state index contributed by atoms with van der Waals surface area (Å²) in [5.41, 5.74) is 2.04. The topological polar surface area (TPSA) is 58.6 Å². The van der Waals surface area contributed by atoms with Crippen molar-refractivity contribution in [3.63, 3.8) is 0 Å². The average molecular weight is 368 g/mol. The first-order valence-corrected chi connectivity index (χ1v) is 9.93. The Hall–Kier alpha value is -2.21. The molecule has 2 aliphatic heterocycles.